The minimum Gasteiger partial charge on any atom is -0.495 e. The molecule has 0 unspecified atom stereocenters. The molecule has 0 saturated carbocycles. The topological polar surface area (TPSA) is 115 Å². The Morgan fingerprint density at radius 3 is 2.53 bits per heavy atom. The average Bonchev–Trinajstić information content (AvgIpc) is 3.59. The number of rotatable bonds is 9. The van der Waals surface area contributed by atoms with Gasteiger partial charge in [0.25, 0.3) is 5.91 Å². The molecule has 0 bridgehead atoms. The second-order valence-corrected chi connectivity index (χ2v) is 10.9. The first kappa shape index (κ1) is 28.1. The maximum atomic E-state index is 12.6. The van der Waals surface area contributed by atoms with Crippen LogP contribution in [0, 0.1) is 0 Å². The van der Waals surface area contributed by atoms with Crippen molar-refractivity contribution in [3.63, 3.8) is 0 Å². The number of likely N-dealkylation sites (N-methyl/N-ethyl adjacent to an activating group) is 1. The molecule has 6 rings (SSSR count). The Hall–Kier alpha value is -5.03. The van der Waals surface area contributed by atoms with E-state index in [0.29, 0.717) is 29.5 Å². The van der Waals surface area contributed by atoms with E-state index in [9.17, 15) is 4.79 Å². The number of carbonyl (C=O) groups is 1. The number of hydrogen-bond donors (Lipinski definition) is 2. The molecule has 1 aliphatic rings. The van der Waals surface area contributed by atoms with Crippen molar-refractivity contribution in [1.82, 2.24) is 39.7 Å². The van der Waals surface area contributed by atoms with Gasteiger partial charge in [-0.3, -0.25) is 14.2 Å². The van der Waals surface area contributed by atoms with Crippen LogP contribution in [0.5, 0.6) is 5.75 Å². The minimum absolute atomic E-state index is 0.151. The second-order valence-electron chi connectivity index (χ2n) is 10.9. The number of nitrogens with zero attached hydrogens (tertiary/aromatic N) is 7. The summed E-state index contributed by atoms with van der Waals surface area (Å²) in [6.07, 6.45) is 7.40. The van der Waals surface area contributed by atoms with E-state index in [-0.39, 0.29) is 5.91 Å². The fourth-order valence-corrected chi connectivity index (χ4v) is 5.40. The number of hydrogen-bond acceptors (Lipinski definition) is 8. The lowest BCUT2D eigenvalue weighted by atomic mass is 9.91. The van der Waals surface area contributed by atoms with Gasteiger partial charge in [-0.15, -0.1) is 0 Å². The van der Waals surface area contributed by atoms with Crippen molar-refractivity contribution in [1.29, 1.82) is 0 Å². The predicted molar refractivity (Wildman–Crippen MR) is 166 cm³/mol. The number of aryl methyl sites for hydroxylation is 4. The molecule has 43 heavy (non-hydrogen) atoms. The Morgan fingerprint density at radius 1 is 1.02 bits per heavy atom. The summed E-state index contributed by atoms with van der Waals surface area (Å²) in [5.41, 5.74) is 9.44. The van der Waals surface area contributed by atoms with Gasteiger partial charge < -0.3 is 20.3 Å². The SMILES string of the molecule is COc1cc(C(=O)NCCN(C)C)ccc1Nc1ncc2c(n1)-c1c(nn(C)c1-c1ccc(-c3cnn(C)c3)cc1)CC2. The molecule has 0 fully saturated rings. The number of nitrogens with one attached hydrogen (secondary N) is 2. The third-order valence-corrected chi connectivity index (χ3v) is 7.60. The van der Waals surface area contributed by atoms with Crippen LogP contribution in [0.15, 0.2) is 61.1 Å². The van der Waals surface area contributed by atoms with Crippen LogP contribution in [-0.4, -0.2) is 74.6 Å². The van der Waals surface area contributed by atoms with Gasteiger partial charge in [-0.05, 0) is 56.3 Å². The average molecular weight is 578 g/mol. The molecule has 220 valence electrons. The molecule has 0 radical (unpaired) electrons. The molecule has 3 aromatic heterocycles. The van der Waals surface area contributed by atoms with Crippen molar-refractivity contribution in [2.24, 2.45) is 14.1 Å². The van der Waals surface area contributed by atoms with Crippen LogP contribution in [0.25, 0.3) is 33.6 Å². The molecule has 0 aliphatic heterocycles. The summed E-state index contributed by atoms with van der Waals surface area (Å²) in [6, 6.07) is 13.8. The summed E-state index contributed by atoms with van der Waals surface area (Å²) < 4.78 is 9.36. The molecule has 5 aromatic rings. The predicted octanol–water partition coefficient (Wildman–Crippen LogP) is 4.09. The van der Waals surface area contributed by atoms with Gasteiger partial charge in [0, 0.05) is 61.8 Å². The number of benzene rings is 2. The van der Waals surface area contributed by atoms with E-state index in [0.717, 1.165) is 64.3 Å². The molecular formula is C32H35N9O2. The molecule has 2 aromatic carbocycles. The van der Waals surface area contributed by atoms with Gasteiger partial charge in [0.05, 0.1) is 36.1 Å². The van der Waals surface area contributed by atoms with E-state index < -0.39 is 0 Å². The van der Waals surface area contributed by atoms with Crippen LogP contribution >= 0.6 is 0 Å². The third-order valence-electron chi connectivity index (χ3n) is 7.60. The summed E-state index contributed by atoms with van der Waals surface area (Å²) in [5.74, 6) is 0.815. The molecule has 1 aliphatic carbocycles. The van der Waals surface area contributed by atoms with Crippen molar-refractivity contribution < 1.29 is 9.53 Å². The number of methoxy groups -OCH3 is 1. The maximum absolute atomic E-state index is 12.6. The Kier molecular flexibility index (Phi) is 7.64. The largest absolute Gasteiger partial charge is 0.495 e. The smallest absolute Gasteiger partial charge is 0.251 e. The molecule has 11 heteroatoms. The second kappa shape index (κ2) is 11.7. The van der Waals surface area contributed by atoms with Crippen LogP contribution in [0.4, 0.5) is 11.6 Å². The van der Waals surface area contributed by atoms with Crippen molar-refractivity contribution in [2.45, 2.75) is 12.8 Å². The van der Waals surface area contributed by atoms with Crippen molar-refractivity contribution in [3.8, 4) is 39.4 Å². The fourth-order valence-electron chi connectivity index (χ4n) is 5.40. The number of ether oxygens (including phenoxy) is 1. The summed E-state index contributed by atoms with van der Waals surface area (Å²) >= 11 is 0. The normalized spacial score (nSPS) is 12.1. The number of anilines is 2. The first-order valence-electron chi connectivity index (χ1n) is 14.2. The van der Waals surface area contributed by atoms with Gasteiger partial charge in [0.1, 0.15) is 5.75 Å². The highest BCUT2D eigenvalue weighted by molar-refractivity contribution is 5.95. The third kappa shape index (κ3) is 5.71. The number of fused-ring (bicyclic) bond motifs is 3. The summed E-state index contributed by atoms with van der Waals surface area (Å²) in [5, 5.41) is 15.4. The molecule has 0 spiro atoms. The summed E-state index contributed by atoms with van der Waals surface area (Å²) in [7, 11) is 9.41. The highest BCUT2D eigenvalue weighted by Gasteiger charge is 2.27. The highest BCUT2D eigenvalue weighted by Crippen LogP contribution is 2.40. The zero-order chi connectivity index (χ0) is 30.1. The summed E-state index contributed by atoms with van der Waals surface area (Å²) in [4.78, 5) is 24.3. The van der Waals surface area contributed by atoms with Crippen LogP contribution in [0.3, 0.4) is 0 Å². The molecule has 11 nitrogen and oxygen atoms in total. The number of amides is 1. The van der Waals surface area contributed by atoms with Gasteiger partial charge in [0.15, 0.2) is 0 Å². The van der Waals surface area contributed by atoms with Crippen molar-refractivity contribution in [2.75, 3.05) is 39.6 Å². The lowest BCUT2D eigenvalue weighted by Gasteiger charge is -2.18. The molecule has 2 N–H and O–H groups in total. The van der Waals surface area contributed by atoms with Crippen molar-refractivity contribution >= 4 is 17.5 Å². The standard InChI is InChI=1S/C32H35N9O2/c1-39(2)15-14-33-31(42)22-10-12-25(27(16-22)43-5)36-32-34-17-23-11-13-26-28(29(23)37-32)30(41(4)38-26)21-8-6-20(7-9-21)24-18-35-40(3)19-24/h6-10,12,16-19H,11,13-15H2,1-5H3,(H,33,42)(H,34,36,37). The lowest BCUT2D eigenvalue weighted by molar-refractivity contribution is 0.0950. The van der Waals surface area contributed by atoms with Gasteiger partial charge in [0.2, 0.25) is 5.95 Å². The van der Waals surface area contributed by atoms with E-state index in [1.165, 1.54) is 0 Å². The van der Waals surface area contributed by atoms with Gasteiger partial charge in [-0.2, -0.15) is 10.2 Å². The molecule has 0 atom stereocenters. The van der Waals surface area contributed by atoms with Crippen LogP contribution in [-0.2, 0) is 26.9 Å². The number of carbonyl (C=O) groups excluding carboxylic acids is 1. The van der Waals surface area contributed by atoms with Crippen LogP contribution in [0.1, 0.15) is 21.6 Å². The molecule has 1 amide bonds. The van der Waals surface area contributed by atoms with E-state index in [1.807, 2.05) is 62.4 Å². The van der Waals surface area contributed by atoms with E-state index in [4.69, 9.17) is 14.8 Å². The first-order chi connectivity index (χ1) is 20.8. The Bertz CT molecular complexity index is 1790. The fraction of sp³-hybridized carbons (Fsp3) is 0.281. The lowest BCUT2D eigenvalue weighted by Crippen LogP contribution is -2.31. The minimum atomic E-state index is -0.151. The van der Waals surface area contributed by atoms with E-state index >= 15 is 0 Å². The number of aromatic nitrogens is 6. The van der Waals surface area contributed by atoms with E-state index in [2.05, 4.69) is 45.0 Å². The Morgan fingerprint density at radius 2 is 1.81 bits per heavy atom. The quantitative estimate of drug-likeness (QED) is 0.269. The van der Waals surface area contributed by atoms with Gasteiger partial charge in [-0.1, -0.05) is 24.3 Å². The molecule has 0 saturated heterocycles. The van der Waals surface area contributed by atoms with E-state index in [1.54, 1.807) is 23.9 Å². The highest BCUT2D eigenvalue weighted by atomic mass is 16.5. The van der Waals surface area contributed by atoms with Gasteiger partial charge in [-0.25, -0.2) is 9.97 Å². The Balaban J connectivity index is 1.29. The monoisotopic (exact) mass is 577 g/mol. The van der Waals surface area contributed by atoms with Crippen molar-refractivity contribution in [3.05, 3.63) is 77.9 Å². The van der Waals surface area contributed by atoms with Crippen LogP contribution < -0.4 is 15.4 Å². The summed E-state index contributed by atoms with van der Waals surface area (Å²) in [6.45, 7) is 1.32. The van der Waals surface area contributed by atoms with Crippen LogP contribution in [0.2, 0.25) is 0 Å². The first-order valence-corrected chi connectivity index (χ1v) is 14.2. The molecule has 3 heterocycles. The van der Waals surface area contributed by atoms with Gasteiger partial charge >= 0.3 is 0 Å². The molecular weight excluding hydrogens is 542 g/mol. The Labute approximate surface area is 250 Å². The maximum Gasteiger partial charge on any atom is 0.251 e. The zero-order valence-electron chi connectivity index (χ0n) is 25.0. The zero-order valence-corrected chi connectivity index (χ0v) is 25.0.